The standard InChI is InChI=1S/C15H19N3O4S/c1-5-11-6-8-12(9-7-11)23(20,21)17-13-10(2)18(3)16-14(13)15(19)22-4/h6-9,17H,5H2,1-4H3. The predicted octanol–water partition coefficient (Wildman–Crippen LogP) is 1.88. The van der Waals surface area contributed by atoms with E-state index in [-0.39, 0.29) is 16.3 Å². The molecule has 0 atom stereocenters. The first kappa shape index (κ1) is 17.0. The lowest BCUT2D eigenvalue weighted by Gasteiger charge is -2.09. The lowest BCUT2D eigenvalue weighted by Crippen LogP contribution is -2.16. The van der Waals surface area contributed by atoms with Crippen LogP contribution in [0.25, 0.3) is 0 Å². The Morgan fingerprint density at radius 1 is 1.30 bits per heavy atom. The molecular weight excluding hydrogens is 318 g/mol. The van der Waals surface area contributed by atoms with Crippen LogP contribution >= 0.6 is 0 Å². The molecule has 1 N–H and O–H groups in total. The van der Waals surface area contributed by atoms with Gasteiger partial charge in [-0.1, -0.05) is 19.1 Å². The van der Waals surface area contributed by atoms with Crippen LogP contribution in [-0.4, -0.2) is 31.3 Å². The van der Waals surface area contributed by atoms with Gasteiger partial charge in [0.15, 0.2) is 5.69 Å². The molecule has 0 amide bonds. The van der Waals surface area contributed by atoms with Crippen molar-refractivity contribution in [3.63, 3.8) is 0 Å². The number of benzene rings is 1. The Morgan fingerprint density at radius 3 is 2.43 bits per heavy atom. The van der Waals surface area contributed by atoms with Crippen molar-refractivity contribution in [1.82, 2.24) is 9.78 Å². The Balaban J connectivity index is 2.42. The molecule has 2 rings (SSSR count). The molecule has 0 aliphatic heterocycles. The summed E-state index contributed by atoms with van der Waals surface area (Å²) in [4.78, 5) is 11.9. The van der Waals surface area contributed by atoms with E-state index in [0.717, 1.165) is 12.0 Å². The third kappa shape index (κ3) is 3.37. The number of hydrogen-bond acceptors (Lipinski definition) is 5. The molecule has 1 aromatic carbocycles. The Hall–Kier alpha value is -2.35. The zero-order valence-corrected chi connectivity index (χ0v) is 14.3. The monoisotopic (exact) mass is 337 g/mol. The van der Waals surface area contributed by atoms with E-state index >= 15 is 0 Å². The van der Waals surface area contributed by atoms with E-state index in [9.17, 15) is 13.2 Å². The average Bonchev–Trinajstić information content (AvgIpc) is 2.82. The first-order chi connectivity index (χ1) is 10.8. The molecule has 0 aliphatic rings. The van der Waals surface area contributed by atoms with Crippen molar-refractivity contribution < 1.29 is 17.9 Å². The number of carbonyl (C=O) groups is 1. The van der Waals surface area contributed by atoms with Gasteiger partial charge in [-0.05, 0) is 31.0 Å². The number of ether oxygens (including phenoxy) is 1. The number of carbonyl (C=O) groups excluding carboxylic acids is 1. The number of sulfonamides is 1. The van der Waals surface area contributed by atoms with Gasteiger partial charge in [-0.2, -0.15) is 5.10 Å². The average molecular weight is 337 g/mol. The summed E-state index contributed by atoms with van der Waals surface area (Å²) in [5.74, 6) is -0.701. The Bertz CT molecular complexity index is 823. The van der Waals surface area contributed by atoms with E-state index in [0.29, 0.717) is 5.69 Å². The quantitative estimate of drug-likeness (QED) is 0.841. The molecule has 0 unspecified atom stereocenters. The summed E-state index contributed by atoms with van der Waals surface area (Å²) in [5.41, 5.74) is 1.61. The van der Waals surface area contributed by atoms with Gasteiger partial charge >= 0.3 is 5.97 Å². The number of methoxy groups -OCH3 is 1. The highest BCUT2D eigenvalue weighted by Gasteiger charge is 2.25. The number of nitrogens with zero attached hydrogens (tertiary/aromatic N) is 2. The fourth-order valence-corrected chi connectivity index (χ4v) is 3.19. The molecule has 7 nitrogen and oxygen atoms in total. The second-order valence-electron chi connectivity index (χ2n) is 5.03. The van der Waals surface area contributed by atoms with Crippen LogP contribution in [0, 0.1) is 6.92 Å². The van der Waals surface area contributed by atoms with Crippen molar-refractivity contribution in [2.45, 2.75) is 25.2 Å². The van der Waals surface area contributed by atoms with Crippen molar-refractivity contribution >= 4 is 21.7 Å². The molecule has 8 heteroatoms. The smallest absolute Gasteiger partial charge is 0.360 e. The summed E-state index contributed by atoms with van der Waals surface area (Å²) in [6.07, 6.45) is 0.821. The SMILES string of the molecule is CCc1ccc(S(=O)(=O)Nc2c(C(=O)OC)nn(C)c2C)cc1. The van der Waals surface area contributed by atoms with Crippen LogP contribution in [0.15, 0.2) is 29.2 Å². The molecule has 0 saturated heterocycles. The number of nitrogens with one attached hydrogen (secondary N) is 1. The number of aryl methyl sites for hydroxylation is 2. The Kier molecular flexibility index (Phi) is 4.74. The number of rotatable bonds is 5. The fourth-order valence-electron chi connectivity index (χ4n) is 2.07. The lowest BCUT2D eigenvalue weighted by atomic mass is 10.2. The highest BCUT2D eigenvalue weighted by atomic mass is 32.2. The topological polar surface area (TPSA) is 90.3 Å². The zero-order valence-electron chi connectivity index (χ0n) is 13.5. The summed E-state index contributed by atoms with van der Waals surface area (Å²) >= 11 is 0. The van der Waals surface area contributed by atoms with Crippen molar-refractivity contribution in [2.75, 3.05) is 11.8 Å². The number of esters is 1. The van der Waals surface area contributed by atoms with Gasteiger partial charge in [0.05, 0.1) is 17.7 Å². The molecule has 0 bridgehead atoms. The maximum atomic E-state index is 12.5. The van der Waals surface area contributed by atoms with Crippen LogP contribution in [0.1, 0.15) is 28.7 Å². The Labute approximate surface area is 135 Å². The maximum absolute atomic E-state index is 12.5. The van der Waals surface area contributed by atoms with Gasteiger partial charge in [-0.25, -0.2) is 13.2 Å². The maximum Gasteiger partial charge on any atom is 0.360 e. The molecule has 1 aromatic heterocycles. The molecule has 0 radical (unpaired) electrons. The van der Waals surface area contributed by atoms with Gasteiger partial charge in [0.25, 0.3) is 10.0 Å². The van der Waals surface area contributed by atoms with E-state index in [4.69, 9.17) is 0 Å². The second kappa shape index (κ2) is 6.41. The largest absolute Gasteiger partial charge is 0.464 e. The van der Waals surface area contributed by atoms with E-state index < -0.39 is 16.0 Å². The minimum atomic E-state index is -3.82. The van der Waals surface area contributed by atoms with Gasteiger partial charge in [0.2, 0.25) is 0 Å². The fraction of sp³-hybridized carbons (Fsp3) is 0.333. The molecule has 0 fully saturated rings. The van der Waals surface area contributed by atoms with Gasteiger partial charge in [0.1, 0.15) is 5.69 Å². The van der Waals surface area contributed by atoms with E-state index in [1.807, 2.05) is 6.92 Å². The second-order valence-corrected chi connectivity index (χ2v) is 6.71. The van der Waals surface area contributed by atoms with Crippen LogP contribution < -0.4 is 4.72 Å². The van der Waals surface area contributed by atoms with E-state index in [2.05, 4.69) is 14.6 Å². The number of hydrogen-bond donors (Lipinski definition) is 1. The molecule has 124 valence electrons. The van der Waals surface area contributed by atoms with Crippen molar-refractivity contribution in [2.24, 2.45) is 7.05 Å². The third-order valence-corrected chi connectivity index (χ3v) is 4.96. The molecule has 1 heterocycles. The van der Waals surface area contributed by atoms with Gasteiger partial charge < -0.3 is 4.74 Å². The summed E-state index contributed by atoms with van der Waals surface area (Å²) < 4.78 is 33.6. The number of aromatic nitrogens is 2. The number of anilines is 1. The van der Waals surface area contributed by atoms with Gasteiger partial charge in [0, 0.05) is 7.05 Å². The lowest BCUT2D eigenvalue weighted by molar-refractivity contribution is 0.0594. The van der Waals surface area contributed by atoms with Gasteiger partial charge in [-0.3, -0.25) is 9.40 Å². The minimum Gasteiger partial charge on any atom is -0.464 e. The highest BCUT2D eigenvalue weighted by Crippen LogP contribution is 2.24. The van der Waals surface area contributed by atoms with E-state index in [1.165, 1.54) is 23.9 Å². The summed E-state index contributed by atoms with van der Waals surface area (Å²) in [7, 11) is -0.986. The van der Waals surface area contributed by atoms with Gasteiger partial charge in [-0.15, -0.1) is 0 Å². The van der Waals surface area contributed by atoms with Crippen LogP contribution in [0.2, 0.25) is 0 Å². The first-order valence-corrected chi connectivity index (χ1v) is 8.52. The third-order valence-electron chi connectivity index (χ3n) is 3.59. The Morgan fingerprint density at radius 2 is 1.91 bits per heavy atom. The van der Waals surface area contributed by atoms with Crippen LogP contribution in [0.4, 0.5) is 5.69 Å². The summed E-state index contributed by atoms with van der Waals surface area (Å²) in [5, 5.41) is 4.00. The zero-order chi connectivity index (χ0) is 17.2. The van der Waals surface area contributed by atoms with Crippen molar-refractivity contribution in [3.8, 4) is 0 Å². The van der Waals surface area contributed by atoms with E-state index in [1.54, 1.807) is 26.1 Å². The van der Waals surface area contributed by atoms with Crippen LogP contribution in [-0.2, 0) is 28.2 Å². The minimum absolute atomic E-state index is 0.0683. The molecule has 23 heavy (non-hydrogen) atoms. The molecule has 0 saturated carbocycles. The molecule has 0 aliphatic carbocycles. The van der Waals surface area contributed by atoms with Crippen molar-refractivity contribution in [3.05, 3.63) is 41.2 Å². The first-order valence-electron chi connectivity index (χ1n) is 7.03. The van der Waals surface area contributed by atoms with Crippen molar-refractivity contribution in [1.29, 1.82) is 0 Å². The molecule has 2 aromatic rings. The highest BCUT2D eigenvalue weighted by molar-refractivity contribution is 7.92. The summed E-state index contributed by atoms with van der Waals surface area (Å²) in [6.45, 7) is 3.65. The predicted molar refractivity (Wildman–Crippen MR) is 85.9 cm³/mol. The summed E-state index contributed by atoms with van der Waals surface area (Å²) in [6, 6.07) is 6.58. The molecular formula is C15H19N3O4S. The molecule has 0 spiro atoms. The normalized spacial score (nSPS) is 11.3. The van der Waals surface area contributed by atoms with Crippen LogP contribution in [0.3, 0.4) is 0 Å². The van der Waals surface area contributed by atoms with Crippen LogP contribution in [0.5, 0.6) is 0 Å².